The van der Waals surface area contributed by atoms with Gasteiger partial charge in [-0.3, -0.25) is 4.79 Å². The fraction of sp³-hybridized carbons (Fsp3) is 0.250. The molecule has 0 unspecified atom stereocenters. The lowest BCUT2D eigenvalue weighted by atomic mass is 10.1. The van der Waals surface area contributed by atoms with E-state index in [0.717, 1.165) is 4.57 Å². The summed E-state index contributed by atoms with van der Waals surface area (Å²) in [6.45, 7) is 0.0746. The van der Waals surface area contributed by atoms with Crippen LogP contribution in [-0.2, 0) is 6.54 Å². The molecule has 96 valence electrons. The van der Waals surface area contributed by atoms with E-state index in [9.17, 15) is 18.0 Å². The zero-order valence-corrected chi connectivity index (χ0v) is 10.1. The number of hydrogen-bond acceptors (Lipinski definition) is 1. The third kappa shape index (κ3) is 2.22. The van der Waals surface area contributed by atoms with Crippen LogP contribution in [0.1, 0.15) is 17.3 Å². The Morgan fingerprint density at radius 3 is 2.50 bits per heavy atom. The van der Waals surface area contributed by atoms with Crippen molar-refractivity contribution in [2.24, 2.45) is 0 Å². The average Bonchev–Trinajstić information content (AvgIpc) is 2.50. The zero-order valence-electron chi connectivity index (χ0n) is 9.38. The number of alkyl halides is 3. The number of nitrogens with zero attached hydrogens (tertiary/aromatic N) is 1. The molecule has 18 heavy (non-hydrogen) atoms. The van der Waals surface area contributed by atoms with Crippen LogP contribution in [0.25, 0.3) is 10.9 Å². The molecule has 0 spiro atoms. The Bertz CT molecular complexity index is 616. The van der Waals surface area contributed by atoms with Gasteiger partial charge in [0, 0.05) is 5.39 Å². The van der Waals surface area contributed by atoms with Crippen LogP contribution in [0.15, 0.2) is 24.3 Å². The molecule has 0 saturated carbocycles. The number of benzene rings is 1. The lowest BCUT2D eigenvalue weighted by Gasteiger charge is -2.10. The number of ketones is 1. The summed E-state index contributed by atoms with van der Waals surface area (Å²) in [7, 11) is 0. The highest BCUT2D eigenvalue weighted by molar-refractivity contribution is 6.35. The summed E-state index contributed by atoms with van der Waals surface area (Å²) >= 11 is 5.90. The average molecular weight is 276 g/mol. The summed E-state index contributed by atoms with van der Waals surface area (Å²) in [6.07, 6.45) is -4.39. The van der Waals surface area contributed by atoms with Gasteiger partial charge in [-0.15, -0.1) is 0 Å². The molecule has 1 aromatic carbocycles. The van der Waals surface area contributed by atoms with Crippen LogP contribution in [0, 0.1) is 0 Å². The Hall–Kier alpha value is -1.49. The van der Waals surface area contributed by atoms with E-state index in [1.807, 2.05) is 0 Å². The lowest BCUT2D eigenvalue weighted by Crippen LogP contribution is -2.17. The van der Waals surface area contributed by atoms with Gasteiger partial charge in [0.2, 0.25) is 0 Å². The number of fused-ring (bicyclic) bond motifs is 1. The number of halogens is 4. The zero-order chi connectivity index (χ0) is 13.5. The second kappa shape index (κ2) is 4.31. The van der Waals surface area contributed by atoms with Crippen LogP contribution < -0.4 is 0 Å². The molecule has 0 aliphatic rings. The maximum atomic E-state index is 12.5. The smallest absolute Gasteiger partial charge is 0.322 e. The minimum Gasteiger partial charge on any atom is -0.322 e. The molecule has 1 aromatic heterocycles. The van der Waals surface area contributed by atoms with Gasteiger partial charge in [0.15, 0.2) is 5.78 Å². The fourth-order valence-corrected chi connectivity index (χ4v) is 2.33. The van der Waals surface area contributed by atoms with E-state index >= 15 is 0 Å². The normalized spacial score (nSPS) is 12.1. The molecule has 2 aromatic rings. The largest absolute Gasteiger partial charge is 0.406 e. The van der Waals surface area contributed by atoms with E-state index in [1.165, 1.54) is 13.0 Å². The van der Waals surface area contributed by atoms with Gasteiger partial charge in [-0.05, 0) is 13.0 Å². The Balaban J connectivity index is 2.73. The molecule has 0 fully saturated rings. The van der Waals surface area contributed by atoms with Gasteiger partial charge in [0.05, 0.1) is 11.1 Å². The topological polar surface area (TPSA) is 22.0 Å². The molecule has 0 atom stereocenters. The molecule has 0 radical (unpaired) electrons. The van der Waals surface area contributed by atoms with Crippen molar-refractivity contribution in [3.63, 3.8) is 0 Å². The quantitative estimate of drug-likeness (QED) is 0.758. The number of hydrogen-bond donors (Lipinski definition) is 0. The predicted molar refractivity (Wildman–Crippen MR) is 63.0 cm³/mol. The molecule has 2 nitrogen and oxygen atoms in total. The number of rotatable bonds is 2. The standard InChI is InChI=1S/C12H9ClF3NO/c1-7(18)10-8-4-2-3-5-9(8)17(11(10)13)6-12(14,15)16/h2-5H,6H2,1H3. The molecule has 1 heterocycles. The van der Waals surface area contributed by atoms with Crippen molar-refractivity contribution in [2.75, 3.05) is 0 Å². The van der Waals surface area contributed by atoms with Crippen LogP contribution >= 0.6 is 11.6 Å². The summed E-state index contributed by atoms with van der Waals surface area (Å²) in [4.78, 5) is 11.5. The number of carbonyl (C=O) groups is 1. The fourth-order valence-electron chi connectivity index (χ4n) is 1.94. The molecule has 0 bridgehead atoms. The van der Waals surface area contributed by atoms with Gasteiger partial charge in [0.1, 0.15) is 11.7 Å². The molecule has 0 N–H and O–H groups in total. The minimum absolute atomic E-state index is 0.136. The van der Waals surface area contributed by atoms with Crippen molar-refractivity contribution in [1.29, 1.82) is 0 Å². The predicted octanol–water partition coefficient (Wildman–Crippen LogP) is 4.06. The second-order valence-electron chi connectivity index (χ2n) is 3.94. The van der Waals surface area contributed by atoms with Gasteiger partial charge in [-0.1, -0.05) is 29.8 Å². The van der Waals surface area contributed by atoms with E-state index in [-0.39, 0.29) is 16.5 Å². The molecule has 0 saturated heterocycles. The van der Waals surface area contributed by atoms with Crippen LogP contribution in [0.5, 0.6) is 0 Å². The van der Waals surface area contributed by atoms with Gasteiger partial charge in [0.25, 0.3) is 0 Å². The van der Waals surface area contributed by atoms with Gasteiger partial charge >= 0.3 is 6.18 Å². The first-order valence-electron chi connectivity index (χ1n) is 5.15. The van der Waals surface area contributed by atoms with Crippen LogP contribution in [0.4, 0.5) is 13.2 Å². The lowest BCUT2D eigenvalue weighted by molar-refractivity contribution is -0.139. The van der Waals surface area contributed by atoms with Crippen LogP contribution in [0.2, 0.25) is 5.15 Å². The highest BCUT2D eigenvalue weighted by Gasteiger charge is 2.31. The monoisotopic (exact) mass is 275 g/mol. The Labute approximate surface area is 106 Å². The molecular weight excluding hydrogens is 267 g/mol. The Morgan fingerprint density at radius 1 is 1.33 bits per heavy atom. The molecule has 0 aliphatic carbocycles. The van der Waals surface area contributed by atoms with E-state index in [0.29, 0.717) is 10.9 Å². The number of carbonyl (C=O) groups excluding carboxylic acids is 1. The summed E-state index contributed by atoms with van der Waals surface area (Å²) < 4.78 is 38.4. The van der Waals surface area contributed by atoms with Gasteiger partial charge < -0.3 is 4.57 Å². The van der Waals surface area contributed by atoms with Gasteiger partial charge in [-0.25, -0.2) is 0 Å². The third-order valence-corrected chi connectivity index (χ3v) is 2.99. The SMILES string of the molecule is CC(=O)c1c(Cl)n(CC(F)(F)F)c2ccccc12. The summed E-state index contributed by atoms with van der Waals surface area (Å²) in [6, 6.07) is 6.36. The molecule has 0 amide bonds. The van der Waals surface area contributed by atoms with E-state index in [4.69, 9.17) is 11.6 Å². The van der Waals surface area contributed by atoms with Crippen molar-refractivity contribution < 1.29 is 18.0 Å². The molecular formula is C12H9ClF3NO. The second-order valence-corrected chi connectivity index (χ2v) is 4.30. The van der Waals surface area contributed by atoms with Gasteiger partial charge in [-0.2, -0.15) is 13.2 Å². The van der Waals surface area contributed by atoms with E-state index in [1.54, 1.807) is 18.2 Å². The molecule has 6 heteroatoms. The molecule has 0 aliphatic heterocycles. The van der Waals surface area contributed by atoms with Crippen molar-refractivity contribution >= 4 is 28.3 Å². The first-order valence-corrected chi connectivity index (χ1v) is 5.53. The minimum atomic E-state index is -4.39. The molecule has 2 rings (SSSR count). The maximum absolute atomic E-state index is 12.5. The number of para-hydroxylation sites is 1. The van der Waals surface area contributed by atoms with E-state index in [2.05, 4.69) is 0 Å². The van der Waals surface area contributed by atoms with Crippen molar-refractivity contribution in [1.82, 2.24) is 4.57 Å². The van der Waals surface area contributed by atoms with Crippen molar-refractivity contribution in [3.05, 3.63) is 35.0 Å². The highest BCUT2D eigenvalue weighted by Crippen LogP contribution is 2.32. The van der Waals surface area contributed by atoms with Crippen molar-refractivity contribution in [3.8, 4) is 0 Å². The van der Waals surface area contributed by atoms with Crippen molar-refractivity contribution in [2.45, 2.75) is 19.6 Å². The first-order chi connectivity index (χ1) is 8.31. The summed E-state index contributed by atoms with van der Waals surface area (Å²) in [5.41, 5.74) is 0.446. The Morgan fingerprint density at radius 2 is 1.94 bits per heavy atom. The van der Waals surface area contributed by atoms with Crippen LogP contribution in [0.3, 0.4) is 0 Å². The number of aromatic nitrogens is 1. The number of Topliss-reactive ketones (excluding diaryl/α,β-unsaturated/α-hetero) is 1. The third-order valence-electron chi connectivity index (χ3n) is 2.60. The van der Waals surface area contributed by atoms with E-state index < -0.39 is 12.7 Å². The first kappa shape index (κ1) is 13.0. The summed E-state index contributed by atoms with van der Waals surface area (Å²) in [5.74, 6) is -0.350. The van der Waals surface area contributed by atoms with Crippen LogP contribution in [-0.4, -0.2) is 16.5 Å². The highest BCUT2D eigenvalue weighted by atomic mass is 35.5. The summed E-state index contributed by atoms with van der Waals surface area (Å²) in [5, 5.41) is 0.278. The Kier molecular flexibility index (Phi) is 3.11. The maximum Gasteiger partial charge on any atom is 0.406 e.